The molecule has 1 aromatic heterocycles. The first-order valence-corrected chi connectivity index (χ1v) is 17.1. The van der Waals surface area contributed by atoms with E-state index in [-0.39, 0.29) is 0 Å². The highest BCUT2D eigenvalue weighted by Crippen LogP contribution is 2.38. The number of fused-ring (bicyclic) bond motifs is 6. The van der Waals surface area contributed by atoms with E-state index < -0.39 is 0 Å². The van der Waals surface area contributed by atoms with E-state index >= 15 is 0 Å². The fourth-order valence-electron chi connectivity index (χ4n) is 7.37. The standard InChI is InChI=1S/C47H34N2/c1-31-13-5-6-20-38(31)46-30-45(36-18-11-16-33(27-36)32-14-3-2-4-15-32)48-47(49-46)37-19-12-17-34(28-37)35-25-26-43-41-23-8-7-21-39(41)40-22-9-10-24-42(40)44(43)29-35/h2-12,14-31H,13H2,1H3. The summed E-state index contributed by atoms with van der Waals surface area (Å²) in [6, 6.07) is 54.4. The average Bonchev–Trinajstić information content (AvgIpc) is 3.18. The second kappa shape index (κ2) is 12.2. The van der Waals surface area contributed by atoms with E-state index in [1.165, 1.54) is 54.6 Å². The van der Waals surface area contributed by atoms with Crippen LogP contribution in [0.3, 0.4) is 0 Å². The van der Waals surface area contributed by atoms with E-state index in [9.17, 15) is 0 Å². The molecule has 0 radical (unpaired) electrons. The molecular formula is C47H34N2. The molecule has 0 N–H and O–H groups in total. The van der Waals surface area contributed by atoms with Crippen molar-refractivity contribution in [1.82, 2.24) is 9.97 Å². The second-order valence-electron chi connectivity index (χ2n) is 13.0. The van der Waals surface area contributed by atoms with Crippen molar-refractivity contribution in [3.63, 3.8) is 0 Å². The van der Waals surface area contributed by atoms with Crippen molar-refractivity contribution < 1.29 is 0 Å². The number of nitrogens with zero attached hydrogens (tertiary/aromatic N) is 2. The predicted octanol–water partition coefficient (Wildman–Crippen LogP) is 12.6. The summed E-state index contributed by atoms with van der Waals surface area (Å²) >= 11 is 0. The Morgan fingerprint density at radius 1 is 0.429 bits per heavy atom. The van der Waals surface area contributed by atoms with Crippen LogP contribution in [0.15, 0.2) is 170 Å². The summed E-state index contributed by atoms with van der Waals surface area (Å²) in [7, 11) is 0. The summed E-state index contributed by atoms with van der Waals surface area (Å²) < 4.78 is 0. The Morgan fingerprint density at radius 2 is 0.959 bits per heavy atom. The van der Waals surface area contributed by atoms with Gasteiger partial charge in [0, 0.05) is 11.1 Å². The van der Waals surface area contributed by atoms with Crippen LogP contribution in [-0.2, 0) is 0 Å². The van der Waals surface area contributed by atoms with E-state index in [4.69, 9.17) is 9.97 Å². The lowest BCUT2D eigenvalue weighted by atomic mass is 9.90. The van der Waals surface area contributed by atoms with E-state index in [1.54, 1.807) is 0 Å². The third-order valence-corrected chi connectivity index (χ3v) is 9.92. The van der Waals surface area contributed by atoms with Crippen LogP contribution in [0, 0.1) is 5.92 Å². The lowest BCUT2D eigenvalue weighted by Gasteiger charge is -2.18. The molecule has 2 heteroatoms. The van der Waals surface area contributed by atoms with E-state index in [0.29, 0.717) is 5.92 Å². The number of allylic oxidation sites excluding steroid dienone is 4. The first-order chi connectivity index (χ1) is 24.2. The van der Waals surface area contributed by atoms with Crippen molar-refractivity contribution in [2.45, 2.75) is 13.3 Å². The molecule has 232 valence electrons. The Kier molecular flexibility index (Phi) is 7.21. The maximum Gasteiger partial charge on any atom is 0.160 e. The predicted molar refractivity (Wildman–Crippen MR) is 207 cm³/mol. The molecule has 0 spiro atoms. The number of benzene rings is 7. The molecule has 2 nitrogen and oxygen atoms in total. The smallest absolute Gasteiger partial charge is 0.160 e. The van der Waals surface area contributed by atoms with Crippen molar-refractivity contribution >= 4 is 37.9 Å². The molecule has 0 aliphatic heterocycles. The molecule has 49 heavy (non-hydrogen) atoms. The fourth-order valence-corrected chi connectivity index (χ4v) is 7.37. The first-order valence-electron chi connectivity index (χ1n) is 17.1. The van der Waals surface area contributed by atoms with Crippen LogP contribution in [-0.4, -0.2) is 9.97 Å². The van der Waals surface area contributed by atoms with Gasteiger partial charge in [-0.05, 0) is 96.7 Å². The van der Waals surface area contributed by atoms with Crippen molar-refractivity contribution in [1.29, 1.82) is 0 Å². The van der Waals surface area contributed by atoms with Gasteiger partial charge in [0.25, 0.3) is 0 Å². The van der Waals surface area contributed by atoms with Crippen LogP contribution < -0.4 is 0 Å². The van der Waals surface area contributed by atoms with Gasteiger partial charge in [0.1, 0.15) is 0 Å². The summed E-state index contributed by atoms with van der Waals surface area (Å²) in [5.74, 6) is 1.12. The van der Waals surface area contributed by atoms with Gasteiger partial charge in [0.15, 0.2) is 5.82 Å². The maximum atomic E-state index is 5.23. The number of hydrogen-bond acceptors (Lipinski definition) is 2. The highest BCUT2D eigenvalue weighted by Gasteiger charge is 2.18. The van der Waals surface area contributed by atoms with Crippen LogP contribution in [0.25, 0.3) is 82.8 Å². The third kappa shape index (κ3) is 5.32. The molecule has 9 rings (SSSR count). The van der Waals surface area contributed by atoms with Crippen molar-refractivity contribution in [2.24, 2.45) is 5.92 Å². The maximum absolute atomic E-state index is 5.23. The van der Waals surface area contributed by atoms with Gasteiger partial charge in [0.2, 0.25) is 0 Å². The average molecular weight is 627 g/mol. The minimum absolute atomic E-state index is 0.381. The van der Waals surface area contributed by atoms with Gasteiger partial charge in [-0.3, -0.25) is 0 Å². The molecule has 0 saturated heterocycles. The Labute approximate surface area is 286 Å². The molecule has 7 aromatic carbocycles. The Morgan fingerprint density at radius 3 is 1.67 bits per heavy atom. The summed E-state index contributed by atoms with van der Waals surface area (Å²) in [6.07, 6.45) is 7.61. The Balaban J connectivity index is 1.19. The van der Waals surface area contributed by atoms with Crippen molar-refractivity contribution in [3.05, 3.63) is 176 Å². The first kappa shape index (κ1) is 29.1. The quantitative estimate of drug-likeness (QED) is 0.178. The molecule has 1 atom stereocenters. The van der Waals surface area contributed by atoms with Gasteiger partial charge in [-0.2, -0.15) is 0 Å². The van der Waals surface area contributed by atoms with Gasteiger partial charge >= 0.3 is 0 Å². The van der Waals surface area contributed by atoms with E-state index in [1.807, 2.05) is 0 Å². The molecule has 0 amide bonds. The van der Waals surface area contributed by atoms with E-state index in [0.717, 1.165) is 40.3 Å². The van der Waals surface area contributed by atoms with Crippen LogP contribution in [0.5, 0.6) is 0 Å². The number of rotatable bonds is 5. The molecule has 0 bridgehead atoms. The lowest BCUT2D eigenvalue weighted by Crippen LogP contribution is -2.05. The lowest BCUT2D eigenvalue weighted by molar-refractivity contribution is 0.754. The zero-order valence-corrected chi connectivity index (χ0v) is 27.3. The SMILES string of the molecule is CC1CC=CC=C1c1cc(-c2cccc(-c3ccccc3)c2)nc(-c2cccc(-c3ccc4c5ccccc5c5ccccc5c4c3)c2)n1. The molecule has 1 heterocycles. The summed E-state index contributed by atoms with van der Waals surface area (Å²) in [4.78, 5) is 10.5. The zero-order valence-electron chi connectivity index (χ0n) is 27.3. The Bertz CT molecular complexity index is 2560. The highest BCUT2D eigenvalue weighted by molar-refractivity contribution is 6.25. The monoisotopic (exact) mass is 626 g/mol. The van der Waals surface area contributed by atoms with Gasteiger partial charge in [0.05, 0.1) is 11.4 Å². The largest absolute Gasteiger partial charge is 0.228 e. The van der Waals surface area contributed by atoms with Crippen LogP contribution in [0.4, 0.5) is 0 Å². The van der Waals surface area contributed by atoms with Crippen LogP contribution >= 0.6 is 0 Å². The number of hydrogen-bond donors (Lipinski definition) is 0. The van der Waals surface area contributed by atoms with Gasteiger partial charge in [-0.25, -0.2) is 9.97 Å². The summed E-state index contributed by atoms with van der Waals surface area (Å²) in [5, 5.41) is 7.68. The van der Waals surface area contributed by atoms with Crippen LogP contribution in [0.1, 0.15) is 19.0 Å². The molecule has 8 aromatic rings. The molecule has 1 unspecified atom stereocenters. The molecular weight excluding hydrogens is 593 g/mol. The zero-order chi connectivity index (χ0) is 32.7. The number of aromatic nitrogens is 2. The second-order valence-corrected chi connectivity index (χ2v) is 13.0. The minimum Gasteiger partial charge on any atom is -0.228 e. The van der Waals surface area contributed by atoms with Crippen molar-refractivity contribution in [3.8, 4) is 44.9 Å². The Hall–Kier alpha value is -6.12. The summed E-state index contributed by atoms with van der Waals surface area (Å²) in [6.45, 7) is 2.28. The van der Waals surface area contributed by atoms with Gasteiger partial charge in [-0.15, -0.1) is 0 Å². The minimum atomic E-state index is 0.381. The van der Waals surface area contributed by atoms with Crippen molar-refractivity contribution in [2.75, 3.05) is 0 Å². The topological polar surface area (TPSA) is 25.8 Å². The van der Waals surface area contributed by atoms with E-state index in [2.05, 4.69) is 177 Å². The highest BCUT2D eigenvalue weighted by atomic mass is 14.9. The summed E-state index contributed by atoms with van der Waals surface area (Å²) in [5.41, 5.74) is 9.92. The van der Waals surface area contributed by atoms with Crippen LogP contribution in [0.2, 0.25) is 0 Å². The molecule has 1 aliphatic carbocycles. The van der Waals surface area contributed by atoms with Gasteiger partial charge < -0.3 is 0 Å². The normalized spacial score (nSPS) is 14.4. The van der Waals surface area contributed by atoms with Gasteiger partial charge in [-0.1, -0.05) is 153 Å². The molecule has 0 fully saturated rings. The third-order valence-electron chi connectivity index (χ3n) is 9.92. The fraction of sp³-hybridized carbons (Fsp3) is 0.0638. The molecule has 1 aliphatic rings. The molecule has 0 saturated carbocycles.